The summed E-state index contributed by atoms with van der Waals surface area (Å²) in [5.74, 6) is 0.265. The van der Waals surface area contributed by atoms with Gasteiger partial charge in [-0.15, -0.1) is 0 Å². The van der Waals surface area contributed by atoms with Crippen molar-refractivity contribution in [3.8, 4) is 6.07 Å². The molecule has 20 heavy (non-hydrogen) atoms. The molecule has 0 aliphatic carbocycles. The molecule has 1 heterocycles. The maximum absolute atomic E-state index is 12.4. The molecule has 0 spiro atoms. The maximum Gasteiger partial charge on any atom is 0.224 e. The fourth-order valence-corrected chi connectivity index (χ4v) is 2.56. The van der Waals surface area contributed by atoms with Gasteiger partial charge in [0.2, 0.25) is 5.91 Å². The van der Waals surface area contributed by atoms with E-state index in [9.17, 15) is 4.79 Å². The van der Waals surface area contributed by atoms with Crippen LogP contribution in [0.5, 0.6) is 0 Å². The van der Waals surface area contributed by atoms with E-state index in [1.54, 1.807) is 4.90 Å². The molecule has 0 aromatic heterocycles. The Hall–Kier alpha value is -1.86. The van der Waals surface area contributed by atoms with Gasteiger partial charge in [-0.25, -0.2) is 0 Å². The predicted octanol–water partition coefficient (Wildman–Crippen LogP) is 2.32. The Morgan fingerprint density at radius 2 is 2.25 bits per heavy atom. The van der Waals surface area contributed by atoms with Gasteiger partial charge in [0, 0.05) is 13.0 Å². The fraction of sp³-hybridized carbons (Fsp3) is 0.500. The largest absolute Gasteiger partial charge is 0.376 e. The molecule has 1 aliphatic rings. The van der Waals surface area contributed by atoms with Crippen molar-refractivity contribution in [3.05, 3.63) is 35.9 Å². The summed E-state index contributed by atoms with van der Waals surface area (Å²) in [4.78, 5) is 14.1. The molecule has 1 amide bonds. The van der Waals surface area contributed by atoms with Gasteiger partial charge in [-0.2, -0.15) is 5.26 Å². The van der Waals surface area contributed by atoms with E-state index >= 15 is 0 Å². The number of nitrogens with zero attached hydrogens (tertiary/aromatic N) is 2. The highest BCUT2D eigenvalue weighted by molar-refractivity contribution is 5.78. The highest BCUT2D eigenvalue weighted by Crippen LogP contribution is 2.24. The second-order valence-electron chi connectivity index (χ2n) is 5.03. The predicted molar refractivity (Wildman–Crippen MR) is 76.0 cm³/mol. The lowest BCUT2D eigenvalue weighted by atomic mass is 9.92. The molecule has 1 saturated heterocycles. The first-order valence-electron chi connectivity index (χ1n) is 7.08. The number of morpholine rings is 1. The van der Waals surface area contributed by atoms with E-state index in [-0.39, 0.29) is 11.8 Å². The summed E-state index contributed by atoms with van der Waals surface area (Å²) < 4.78 is 5.25. The first kappa shape index (κ1) is 14.5. The van der Waals surface area contributed by atoms with Gasteiger partial charge in [-0.05, 0) is 17.9 Å². The fourth-order valence-electron chi connectivity index (χ4n) is 2.56. The molecule has 4 nitrogen and oxygen atoms in total. The molecule has 1 aromatic carbocycles. The van der Waals surface area contributed by atoms with Gasteiger partial charge >= 0.3 is 0 Å². The topological polar surface area (TPSA) is 53.3 Å². The van der Waals surface area contributed by atoms with E-state index in [0.29, 0.717) is 26.2 Å². The third-order valence-corrected chi connectivity index (χ3v) is 3.78. The van der Waals surface area contributed by atoms with Crippen molar-refractivity contribution in [2.45, 2.75) is 31.7 Å². The lowest BCUT2D eigenvalue weighted by Crippen LogP contribution is -2.48. The molecule has 0 N–H and O–H groups in total. The van der Waals surface area contributed by atoms with Crippen molar-refractivity contribution in [3.63, 3.8) is 0 Å². The Morgan fingerprint density at radius 1 is 1.50 bits per heavy atom. The van der Waals surface area contributed by atoms with E-state index in [4.69, 9.17) is 10.00 Å². The smallest absolute Gasteiger partial charge is 0.224 e. The van der Waals surface area contributed by atoms with Gasteiger partial charge in [0.25, 0.3) is 0 Å². The number of carbonyl (C=O) groups is 1. The number of rotatable bonds is 4. The van der Waals surface area contributed by atoms with Crippen LogP contribution < -0.4 is 0 Å². The molecule has 0 unspecified atom stereocenters. The molecule has 1 aromatic rings. The van der Waals surface area contributed by atoms with E-state index in [1.807, 2.05) is 18.2 Å². The van der Waals surface area contributed by atoms with Crippen LogP contribution >= 0.6 is 0 Å². The summed E-state index contributed by atoms with van der Waals surface area (Å²) in [6.07, 6.45) is 1.37. The summed E-state index contributed by atoms with van der Waals surface area (Å²) in [5, 5.41) is 9.09. The Bertz CT molecular complexity index is 481. The van der Waals surface area contributed by atoms with Crippen LogP contribution in [0.25, 0.3) is 0 Å². The lowest BCUT2D eigenvalue weighted by molar-refractivity contribution is -0.138. The van der Waals surface area contributed by atoms with E-state index in [2.05, 4.69) is 25.1 Å². The van der Waals surface area contributed by atoms with Crippen molar-refractivity contribution >= 4 is 5.91 Å². The summed E-state index contributed by atoms with van der Waals surface area (Å²) in [5.41, 5.74) is 1.19. The Labute approximate surface area is 120 Å². The molecule has 0 radical (unpaired) electrons. The van der Waals surface area contributed by atoms with E-state index < -0.39 is 6.04 Å². The summed E-state index contributed by atoms with van der Waals surface area (Å²) in [7, 11) is 0. The van der Waals surface area contributed by atoms with Crippen LogP contribution in [0.2, 0.25) is 0 Å². The first-order valence-corrected chi connectivity index (χ1v) is 7.08. The van der Waals surface area contributed by atoms with Gasteiger partial charge in [-0.3, -0.25) is 4.79 Å². The third-order valence-electron chi connectivity index (χ3n) is 3.78. The van der Waals surface area contributed by atoms with Gasteiger partial charge < -0.3 is 9.64 Å². The molecule has 0 bridgehead atoms. The average Bonchev–Trinajstić information content (AvgIpc) is 2.53. The van der Waals surface area contributed by atoms with Crippen LogP contribution in [-0.2, 0) is 9.53 Å². The average molecular weight is 272 g/mol. The van der Waals surface area contributed by atoms with Gasteiger partial charge in [-0.1, -0.05) is 37.3 Å². The molecule has 0 saturated carbocycles. The van der Waals surface area contributed by atoms with E-state index in [0.717, 1.165) is 6.42 Å². The molecule has 2 rings (SSSR count). The number of carbonyl (C=O) groups excluding carboxylic acids is 1. The van der Waals surface area contributed by atoms with Crippen LogP contribution in [-0.4, -0.2) is 36.6 Å². The SMILES string of the molecule is CC[C@@H](CC(=O)N1CCOC[C@H]1C#N)c1ccccc1. The monoisotopic (exact) mass is 272 g/mol. The lowest BCUT2D eigenvalue weighted by Gasteiger charge is -2.32. The van der Waals surface area contributed by atoms with Gasteiger partial charge in [0.1, 0.15) is 6.04 Å². The van der Waals surface area contributed by atoms with Crippen molar-refractivity contribution in [2.75, 3.05) is 19.8 Å². The molecule has 4 heteroatoms. The Morgan fingerprint density at radius 3 is 2.90 bits per heavy atom. The quantitative estimate of drug-likeness (QED) is 0.845. The summed E-state index contributed by atoms with van der Waals surface area (Å²) in [6.45, 7) is 3.45. The maximum atomic E-state index is 12.4. The summed E-state index contributed by atoms with van der Waals surface area (Å²) >= 11 is 0. The normalized spacial score (nSPS) is 20.2. The first-order chi connectivity index (χ1) is 9.76. The number of ether oxygens (including phenoxy) is 1. The standard InChI is InChI=1S/C16H20N2O2/c1-2-13(14-6-4-3-5-7-14)10-16(19)18-8-9-20-12-15(18)11-17/h3-7,13,15H,2,8-10,12H2,1H3/t13-,15+/m0/s1. The number of nitriles is 1. The highest BCUT2D eigenvalue weighted by Gasteiger charge is 2.28. The zero-order chi connectivity index (χ0) is 14.4. The van der Waals surface area contributed by atoms with Crippen LogP contribution in [0, 0.1) is 11.3 Å². The molecular weight excluding hydrogens is 252 g/mol. The number of amides is 1. The van der Waals surface area contributed by atoms with Crippen molar-refractivity contribution < 1.29 is 9.53 Å². The second-order valence-corrected chi connectivity index (χ2v) is 5.03. The van der Waals surface area contributed by atoms with Crippen molar-refractivity contribution in [2.24, 2.45) is 0 Å². The number of benzene rings is 1. The van der Waals surface area contributed by atoms with Crippen molar-refractivity contribution in [1.82, 2.24) is 4.90 Å². The molecule has 1 fully saturated rings. The zero-order valence-electron chi connectivity index (χ0n) is 11.8. The van der Waals surface area contributed by atoms with Gasteiger partial charge in [0.05, 0.1) is 19.3 Å². The second kappa shape index (κ2) is 7.06. The minimum Gasteiger partial charge on any atom is -0.376 e. The van der Waals surface area contributed by atoms with Crippen LogP contribution in [0.1, 0.15) is 31.2 Å². The minimum atomic E-state index is -0.440. The highest BCUT2D eigenvalue weighted by atomic mass is 16.5. The number of hydrogen-bond donors (Lipinski definition) is 0. The number of hydrogen-bond acceptors (Lipinski definition) is 3. The van der Waals surface area contributed by atoms with Gasteiger partial charge in [0.15, 0.2) is 0 Å². The molecule has 106 valence electrons. The van der Waals surface area contributed by atoms with Crippen LogP contribution in [0.4, 0.5) is 0 Å². The van der Waals surface area contributed by atoms with Crippen molar-refractivity contribution in [1.29, 1.82) is 5.26 Å². The van der Waals surface area contributed by atoms with Crippen LogP contribution in [0.15, 0.2) is 30.3 Å². The van der Waals surface area contributed by atoms with E-state index in [1.165, 1.54) is 5.56 Å². The Balaban J connectivity index is 2.04. The molecular formula is C16H20N2O2. The van der Waals surface area contributed by atoms with Crippen LogP contribution in [0.3, 0.4) is 0 Å². The summed E-state index contributed by atoms with van der Waals surface area (Å²) in [6, 6.07) is 11.8. The minimum absolute atomic E-state index is 0.0514. The molecule has 2 atom stereocenters. The molecule has 1 aliphatic heterocycles. The zero-order valence-corrected chi connectivity index (χ0v) is 11.8. The third kappa shape index (κ3) is 3.37. The Kier molecular flexibility index (Phi) is 5.14.